The summed E-state index contributed by atoms with van der Waals surface area (Å²) in [5, 5.41) is 6.97. The molecule has 1 aliphatic rings. The highest BCUT2D eigenvalue weighted by atomic mass is 32.1. The molecule has 10 nitrogen and oxygen atoms in total. The normalized spacial score (nSPS) is 15.7. The highest BCUT2D eigenvalue weighted by Gasteiger charge is 2.30. The van der Waals surface area contributed by atoms with Gasteiger partial charge in [0.1, 0.15) is 12.3 Å². The van der Waals surface area contributed by atoms with Gasteiger partial charge in [-0.05, 0) is 56.2 Å². The van der Waals surface area contributed by atoms with Gasteiger partial charge in [-0.2, -0.15) is 5.10 Å². The monoisotopic (exact) mass is 475 g/mol. The minimum atomic E-state index is -0.319. The van der Waals surface area contributed by atoms with Crippen molar-refractivity contribution in [3.63, 3.8) is 0 Å². The van der Waals surface area contributed by atoms with Crippen LogP contribution in [0.2, 0.25) is 0 Å². The maximum atomic E-state index is 12.9. The van der Waals surface area contributed by atoms with Gasteiger partial charge in [-0.1, -0.05) is 0 Å². The lowest BCUT2D eigenvalue weighted by Gasteiger charge is -2.32. The number of hydrogen-bond donors (Lipinski definition) is 1. The number of hydrogen-bond acceptors (Lipinski definition) is 7. The Bertz CT molecular complexity index is 1050. The van der Waals surface area contributed by atoms with Crippen molar-refractivity contribution in [2.75, 3.05) is 40.4 Å². The quantitative estimate of drug-likeness (QED) is 0.459. The molecule has 1 aliphatic heterocycles. The molecule has 1 N–H and O–H groups in total. The zero-order valence-corrected chi connectivity index (χ0v) is 19.9. The molecule has 178 valence electrons. The van der Waals surface area contributed by atoms with Crippen LogP contribution < -0.4 is 4.74 Å². The van der Waals surface area contributed by atoms with Crippen molar-refractivity contribution in [2.24, 2.45) is 5.92 Å². The van der Waals surface area contributed by atoms with Gasteiger partial charge in [-0.15, -0.1) is 0 Å². The number of rotatable bonds is 8. The first kappa shape index (κ1) is 24.4. The summed E-state index contributed by atoms with van der Waals surface area (Å²) in [6.07, 6.45) is 1.42. The number of aromatic amines is 1. The lowest BCUT2D eigenvalue weighted by Crippen LogP contribution is -2.47. The van der Waals surface area contributed by atoms with Crippen molar-refractivity contribution in [1.29, 1.82) is 0 Å². The van der Waals surface area contributed by atoms with Crippen LogP contribution in [0.3, 0.4) is 0 Å². The summed E-state index contributed by atoms with van der Waals surface area (Å²) in [6.45, 7) is 2.80. The number of ether oxygens (including phenoxy) is 2. The Kier molecular flexibility index (Phi) is 8.21. The van der Waals surface area contributed by atoms with Crippen LogP contribution >= 0.6 is 12.2 Å². The van der Waals surface area contributed by atoms with E-state index in [0.29, 0.717) is 42.5 Å². The average molecular weight is 476 g/mol. The molecule has 1 atom stereocenters. The summed E-state index contributed by atoms with van der Waals surface area (Å²) in [5.74, 6) is 0.140. The van der Waals surface area contributed by atoms with E-state index in [2.05, 4.69) is 10.2 Å². The molecule has 2 heterocycles. The number of likely N-dealkylation sites (N-methyl/N-ethyl adjacent to an activating group) is 1. The minimum Gasteiger partial charge on any atom is -0.497 e. The molecule has 1 fully saturated rings. The number of esters is 1. The molecule has 33 heavy (non-hydrogen) atoms. The molecule has 1 aromatic heterocycles. The smallest absolute Gasteiger partial charge is 0.310 e. The SMILES string of the molecule is CCOC(=O)C1CCCN(C(=O)CN(C)C(=O)Cn2c(-c3ccc(OC)cc3)n[nH]c2=S)C1. The Morgan fingerprint density at radius 3 is 2.67 bits per heavy atom. The third kappa shape index (κ3) is 5.98. The van der Waals surface area contributed by atoms with Gasteiger partial charge in [0.05, 0.1) is 26.2 Å². The fourth-order valence-electron chi connectivity index (χ4n) is 3.73. The van der Waals surface area contributed by atoms with Gasteiger partial charge >= 0.3 is 5.97 Å². The molecule has 0 aliphatic carbocycles. The van der Waals surface area contributed by atoms with Crippen molar-refractivity contribution in [2.45, 2.75) is 26.3 Å². The van der Waals surface area contributed by atoms with Crippen molar-refractivity contribution in [3.05, 3.63) is 29.0 Å². The number of amides is 2. The van der Waals surface area contributed by atoms with Gasteiger partial charge in [0.2, 0.25) is 11.8 Å². The standard InChI is InChI=1S/C22H29N5O5S/c1-4-32-21(30)16-6-5-11-26(12-16)19(29)13-25(2)18(28)14-27-20(23-24-22(27)33)15-7-9-17(31-3)10-8-15/h7-10,16H,4-6,11-14H2,1-3H3,(H,24,33). The predicted molar refractivity (Wildman–Crippen MR) is 123 cm³/mol. The molecule has 0 radical (unpaired) electrons. The van der Waals surface area contributed by atoms with Crippen LogP contribution in [-0.2, 0) is 25.7 Å². The first-order valence-corrected chi connectivity index (χ1v) is 11.2. The number of carbonyl (C=O) groups excluding carboxylic acids is 3. The molecule has 1 unspecified atom stereocenters. The number of nitrogens with zero attached hydrogens (tertiary/aromatic N) is 4. The summed E-state index contributed by atoms with van der Waals surface area (Å²) in [4.78, 5) is 40.7. The van der Waals surface area contributed by atoms with Gasteiger partial charge < -0.3 is 19.3 Å². The molecular weight excluding hydrogens is 446 g/mol. The van der Waals surface area contributed by atoms with E-state index in [0.717, 1.165) is 12.0 Å². The van der Waals surface area contributed by atoms with Crippen LogP contribution in [0.25, 0.3) is 11.4 Å². The van der Waals surface area contributed by atoms with E-state index in [-0.39, 0.29) is 36.8 Å². The molecule has 3 rings (SSSR count). The zero-order chi connectivity index (χ0) is 24.0. The maximum absolute atomic E-state index is 12.9. The number of aromatic nitrogens is 3. The first-order chi connectivity index (χ1) is 15.8. The Morgan fingerprint density at radius 1 is 1.27 bits per heavy atom. The highest BCUT2D eigenvalue weighted by molar-refractivity contribution is 7.71. The summed E-state index contributed by atoms with van der Waals surface area (Å²) < 4.78 is 12.2. The molecule has 0 bridgehead atoms. The zero-order valence-electron chi connectivity index (χ0n) is 19.1. The Morgan fingerprint density at radius 2 is 2.00 bits per heavy atom. The fraction of sp³-hybridized carbons (Fsp3) is 0.500. The molecule has 2 amide bonds. The van der Waals surface area contributed by atoms with Crippen LogP contribution in [0.1, 0.15) is 19.8 Å². The molecule has 1 saturated heterocycles. The maximum Gasteiger partial charge on any atom is 0.310 e. The summed E-state index contributed by atoms with van der Waals surface area (Å²) in [7, 11) is 3.16. The Labute approximate surface area is 197 Å². The second kappa shape index (κ2) is 11.1. The molecular formula is C22H29N5O5S. The van der Waals surface area contributed by atoms with Gasteiger partial charge in [0, 0.05) is 25.7 Å². The lowest BCUT2D eigenvalue weighted by molar-refractivity contribution is -0.152. The molecule has 2 aromatic rings. The van der Waals surface area contributed by atoms with Crippen molar-refractivity contribution in [1.82, 2.24) is 24.6 Å². The van der Waals surface area contributed by atoms with Gasteiger partial charge in [-0.25, -0.2) is 0 Å². The van der Waals surface area contributed by atoms with E-state index in [1.165, 1.54) is 4.90 Å². The van der Waals surface area contributed by atoms with Crippen molar-refractivity contribution < 1.29 is 23.9 Å². The number of methoxy groups -OCH3 is 1. The Balaban J connectivity index is 1.63. The molecule has 1 aromatic carbocycles. The van der Waals surface area contributed by atoms with E-state index in [1.807, 2.05) is 12.1 Å². The summed E-state index contributed by atoms with van der Waals surface area (Å²) in [5.41, 5.74) is 0.771. The van der Waals surface area contributed by atoms with Gasteiger partial charge in [0.25, 0.3) is 0 Å². The number of nitrogens with one attached hydrogen (secondary N) is 1. The van der Waals surface area contributed by atoms with Crippen LogP contribution in [0.5, 0.6) is 5.75 Å². The van der Waals surface area contributed by atoms with E-state index < -0.39 is 0 Å². The number of benzene rings is 1. The van der Waals surface area contributed by atoms with E-state index >= 15 is 0 Å². The minimum absolute atomic E-state index is 0.0636. The van der Waals surface area contributed by atoms with Crippen LogP contribution in [0.15, 0.2) is 24.3 Å². The third-order valence-electron chi connectivity index (χ3n) is 5.59. The van der Waals surface area contributed by atoms with E-state index in [1.54, 1.807) is 42.7 Å². The largest absolute Gasteiger partial charge is 0.497 e. The Hall–Kier alpha value is -3.21. The topological polar surface area (TPSA) is 110 Å². The number of carbonyl (C=O) groups is 3. The van der Waals surface area contributed by atoms with Crippen molar-refractivity contribution >= 4 is 30.0 Å². The third-order valence-corrected chi connectivity index (χ3v) is 5.90. The van der Waals surface area contributed by atoms with Gasteiger partial charge in [0.15, 0.2) is 10.6 Å². The average Bonchev–Trinajstić information content (AvgIpc) is 3.19. The van der Waals surface area contributed by atoms with Gasteiger partial charge in [-0.3, -0.25) is 24.0 Å². The second-order valence-corrected chi connectivity index (χ2v) is 8.23. The lowest BCUT2D eigenvalue weighted by atomic mass is 9.98. The number of piperidine rings is 1. The molecule has 0 spiro atoms. The van der Waals surface area contributed by atoms with E-state index in [9.17, 15) is 14.4 Å². The van der Waals surface area contributed by atoms with Crippen LogP contribution in [-0.4, -0.2) is 82.7 Å². The second-order valence-electron chi connectivity index (χ2n) is 7.85. The summed E-state index contributed by atoms with van der Waals surface area (Å²) >= 11 is 5.31. The number of likely N-dealkylation sites (tertiary alicyclic amines) is 1. The summed E-state index contributed by atoms with van der Waals surface area (Å²) in [6, 6.07) is 7.25. The predicted octanol–water partition coefficient (Wildman–Crippen LogP) is 1.88. The van der Waals surface area contributed by atoms with Crippen molar-refractivity contribution in [3.8, 4) is 17.1 Å². The van der Waals surface area contributed by atoms with E-state index in [4.69, 9.17) is 21.7 Å². The molecule has 0 saturated carbocycles. The first-order valence-electron chi connectivity index (χ1n) is 10.8. The highest BCUT2D eigenvalue weighted by Crippen LogP contribution is 2.21. The molecule has 11 heteroatoms. The van der Waals surface area contributed by atoms with Crippen LogP contribution in [0, 0.1) is 10.7 Å². The van der Waals surface area contributed by atoms with Crippen LogP contribution in [0.4, 0.5) is 0 Å². The number of H-pyrrole nitrogens is 1. The fourth-order valence-corrected chi connectivity index (χ4v) is 3.92.